The molecule has 0 bridgehead atoms. The zero-order valence-electron chi connectivity index (χ0n) is 12.1. The highest BCUT2D eigenvalue weighted by Gasteiger charge is 2.23. The van der Waals surface area contributed by atoms with Gasteiger partial charge in [-0.3, -0.25) is 19.7 Å². The number of nitrogens with zero attached hydrogens (tertiary/aromatic N) is 1. The van der Waals surface area contributed by atoms with Crippen molar-refractivity contribution in [2.24, 2.45) is 0 Å². The Morgan fingerprint density at radius 1 is 1.38 bits per heavy atom. The number of para-hydroxylation sites is 1. The Bertz CT molecular complexity index is 559. The lowest BCUT2D eigenvalue weighted by atomic mass is 10.1. The highest BCUT2D eigenvalue weighted by Crippen LogP contribution is 2.28. The normalized spacial score (nSPS) is 11.4. The molecular formula is C13H18N4O4. The van der Waals surface area contributed by atoms with E-state index in [-0.39, 0.29) is 22.8 Å². The summed E-state index contributed by atoms with van der Waals surface area (Å²) in [4.78, 5) is 34.1. The average Bonchev–Trinajstić information content (AvgIpc) is 2.46. The Labute approximate surface area is 122 Å². The summed E-state index contributed by atoms with van der Waals surface area (Å²) in [5.74, 6) is -0.899. The highest BCUT2D eigenvalue weighted by molar-refractivity contribution is 6.03. The molecule has 1 aromatic carbocycles. The summed E-state index contributed by atoms with van der Waals surface area (Å²) in [5, 5.41) is 18.7. The predicted molar refractivity (Wildman–Crippen MR) is 78.3 cm³/mol. The minimum absolute atomic E-state index is 0.127. The third-order valence-corrected chi connectivity index (χ3v) is 2.82. The Hall–Kier alpha value is -2.64. The van der Waals surface area contributed by atoms with Crippen LogP contribution < -0.4 is 16.0 Å². The quantitative estimate of drug-likeness (QED) is 0.532. The van der Waals surface area contributed by atoms with Crippen LogP contribution in [0, 0.1) is 10.1 Å². The van der Waals surface area contributed by atoms with Crippen molar-refractivity contribution in [3.05, 3.63) is 33.9 Å². The molecule has 1 aromatic rings. The molecule has 0 aliphatic carbocycles. The summed E-state index contributed by atoms with van der Waals surface area (Å²) >= 11 is 0. The number of nitro benzene ring substituents is 1. The van der Waals surface area contributed by atoms with Gasteiger partial charge in [-0.2, -0.15) is 0 Å². The number of likely N-dealkylation sites (N-methyl/N-ethyl adjacent to an activating group) is 1. The third-order valence-electron chi connectivity index (χ3n) is 2.82. The van der Waals surface area contributed by atoms with Gasteiger partial charge in [-0.05, 0) is 19.9 Å². The number of nitro groups is 1. The number of benzene rings is 1. The lowest BCUT2D eigenvalue weighted by Gasteiger charge is -2.15. The summed E-state index contributed by atoms with van der Waals surface area (Å²) in [6.07, 6.45) is 0. The maximum atomic E-state index is 12.2. The number of carbonyl (C=O) groups excluding carboxylic acids is 2. The van der Waals surface area contributed by atoms with Crippen LogP contribution in [-0.4, -0.2) is 36.4 Å². The minimum atomic E-state index is -0.740. The first-order valence-electron chi connectivity index (χ1n) is 6.46. The van der Waals surface area contributed by atoms with E-state index in [4.69, 9.17) is 0 Å². The summed E-state index contributed by atoms with van der Waals surface area (Å²) < 4.78 is 0. The summed E-state index contributed by atoms with van der Waals surface area (Å²) in [5.41, 5.74) is 0.0884. The average molecular weight is 294 g/mol. The van der Waals surface area contributed by atoms with Crippen molar-refractivity contribution in [2.75, 3.05) is 18.9 Å². The third kappa shape index (κ3) is 3.91. The molecule has 0 aromatic heterocycles. The lowest BCUT2D eigenvalue weighted by Crippen LogP contribution is -2.43. The number of hydrogen-bond donors (Lipinski definition) is 3. The molecule has 2 amide bonds. The van der Waals surface area contributed by atoms with E-state index >= 15 is 0 Å². The second-order valence-electron chi connectivity index (χ2n) is 4.30. The number of carbonyl (C=O) groups is 2. The van der Waals surface area contributed by atoms with Crippen LogP contribution in [0.4, 0.5) is 11.4 Å². The van der Waals surface area contributed by atoms with E-state index < -0.39 is 16.9 Å². The van der Waals surface area contributed by atoms with Crippen molar-refractivity contribution in [2.45, 2.75) is 19.9 Å². The first-order valence-corrected chi connectivity index (χ1v) is 6.46. The zero-order chi connectivity index (χ0) is 16.0. The largest absolute Gasteiger partial charge is 0.379 e. The van der Waals surface area contributed by atoms with Gasteiger partial charge in [0.2, 0.25) is 5.91 Å². The van der Waals surface area contributed by atoms with Crippen LogP contribution in [0.25, 0.3) is 0 Å². The molecule has 0 aliphatic rings. The fourth-order valence-electron chi connectivity index (χ4n) is 1.80. The molecule has 114 valence electrons. The molecule has 0 saturated heterocycles. The van der Waals surface area contributed by atoms with Gasteiger partial charge in [0.1, 0.15) is 11.7 Å². The Kier molecular flexibility index (Phi) is 5.65. The predicted octanol–water partition coefficient (Wildman–Crippen LogP) is 0.891. The van der Waals surface area contributed by atoms with Crippen LogP contribution in [0.2, 0.25) is 0 Å². The second kappa shape index (κ2) is 7.22. The Balaban J connectivity index is 3.11. The van der Waals surface area contributed by atoms with Crippen molar-refractivity contribution >= 4 is 23.2 Å². The van der Waals surface area contributed by atoms with Crippen molar-refractivity contribution in [3.63, 3.8) is 0 Å². The molecule has 1 rings (SSSR count). The summed E-state index contributed by atoms with van der Waals surface area (Å²) in [6, 6.07) is 3.47. The molecule has 0 radical (unpaired) electrons. The molecule has 1 atom stereocenters. The fourth-order valence-corrected chi connectivity index (χ4v) is 1.80. The van der Waals surface area contributed by atoms with Gasteiger partial charge in [0.15, 0.2) is 0 Å². The first-order chi connectivity index (χ1) is 9.92. The molecule has 0 heterocycles. The topological polar surface area (TPSA) is 113 Å². The molecule has 8 heteroatoms. The van der Waals surface area contributed by atoms with Crippen LogP contribution in [-0.2, 0) is 4.79 Å². The van der Waals surface area contributed by atoms with Crippen molar-refractivity contribution in [1.82, 2.24) is 10.6 Å². The molecule has 21 heavy (non-hydrogen) atoms. The van der Waals surface area contributed by atoms with E-state index in [1.807, 2.05) is 0 Å². The van der Waals surface area contributed by atoms with Crippen LogP contribution in [0.3, 0.4) is 0 Å². The van der Waals surface area contributed by atoms with Gasteiger partial charge in [0.25, 0.3) is 11.6 Å². The fraction of sp³-hybridized carbons (Fsp3) is 0.385. The Morgan fingerprint density at radius 2 is 2.05 bits per heavy atom. The molecular weight excluding hydrogens is 276 g/mol. The monoisotopic (exact) mass is 294 g/mol. The minimum Gasteiger partial charge on any atom is -0.379 e. The molecule has 0 aliphatic heterocycles. The smallest absolute Gasteiger partial charge is 0.293 e. The summed E-state index contributed by atoms with van der Waals surface area (Å²) in [6.45, 7) is 3.72. The lowest BCUT2D eigenvalue weighted by molar-refractivity contribution is -0.384. The van der Waals surface area contributed by atoms with E-state index in [1.165, 1.54) is 32.2 Å². The SMILES string of the molecule is CCNc1c(C(=O)NC(C)C(=O)NC)cccc1[N+](=O)[O-]. The van der Waals surface area contributed by atoms with E-state index in [2.05, 4.69) is 16.0 Å². The van der Waals surface area contributed by atoms with Crippen LogP contribution in [0.5, 0.6) is 0 Å². The van der Waals surface area contributed by atoms with Crippen molar-refractivity contribution in [1.29, 1.82) is 0 Å². The molecule has 0 spiro atoms. The number of nitrogens with one attached hydrogen (secondary N) is 3. The Morgan fingerprint density at radius 3 is 2.57 bits per heavy atom. The molecule has 0 fully saturated rings. The van der Waals surface area contributed by atoms with Crippen molar-refractivity contribution in [3.8, 4) is 0 Å². The number of hydrogen-bond acceptors (Lipinski definition) is 5. The van der Waals surface area contributed by atoms with Gasteiger partial charge in [0.05, 0.1) is 10.5 Å². The summed E-state index contributed by atoms with van der Waals surface area (Å²) in [7, 11) is 1.46. The van der Waals surface area contributed by atoms with Gasteiger partial charge in [-0.15, -0.1) is 0 Å². The number of amides is 2. The standard InChI is InChI=1S/C13H18N4O4/c1-4-15-11-9(6-5-7-10(11)17(20)21)13(19)16-8(2)12(18)14-3/h5-8,15H,4H2,1-3H3,(H,14,18)(H,16,19). The van der Waals surface area contributed by atoms with E-state index in [1.54, 1.807) is 6.92 Å². The van der Waals surface area contributed by atoms with Crippen LogP contribution in [0.15, 0.2) is 18.2 Å². The molecule has 0 saturated carbocycles. The van der Waals surface area contributed by atoms with Gasteiger partial charge < -0.3 is 16.0 Å². The van der Waals surface area contributed by atoms with Crippen LogP contribution >= 0.6 is 0 Å². The van der Waals surface area contributed by atoms with Crippen molar-refractivity contribution < 1.29 is 14.5 Å². The number of rotatable bonds is 6. The zero-order valence-corrected chi connectivity index (χ0v) is 12.1. The molecule has 3 N–H and O–H groups in total. The van der Waals surface area contributed by atoms with E-state index in [0.29, 0.717) is 6.54 Å². The maximum Gasteiger partial charge on any atom is 0.293 e. The van der Waals surface area contributed by atoms with Gasteiger partial charge in [-0.25, -0.2) is 0 Å². The van der Waals surface area contributed by atoms with E-state index in [0.717, 1.165) is 0 Å². The van der Waals surface area contributed by atoms with Gasteiger partial charge in [-0.1, -0.05) is 6.07 Å². The molecule has 1 unspecified atom stereocenters. The molecule has 8 nitrogen and oxygen atoms in total. The second-order valence-corrected chi connectivity index (χ2v) is 4.30. The highest BCUT2D eigenvalue weighted by atomic mass is 16.6. The van der Waals surface area contributed by atoms with Gasteiger partial charge in [0, 0.05) is 19.7 Å². The maximum absolute atomic E-state index is 12.2. The number of anilines is 1. The van der Waals surface area contributed by atoms with Crippen LogP contribution in [0.1, 0.15) is 24.2 Å². The first kappa shape index (κ1) is 16.4. The van der Waals surface area contributed by atoms with E-state index in [9.17, 15) is 19.7 Å². The van der Waals surface area contributed by atoms with Gasteiger partial charge >= 0.3 is 0 Å².